The van der Waals surface area contributed by atoms with Crippen LogP contribution in [-0.4, -0.2) is 44.8 Å². The van der Waals surface area contributed by atoms with Crippen LogP contribution < -0.4 is 19.5 Å². The fourth-order valence-electron chi connectivity index (χ4n) is 3.18. The fourth-order valence-corrected chi connectivity index (χ4v) is 4.79. The molecule has 2 heterocycles. The molecule has 4 aromatic rings. The van der Waals surface area contributed by atoms with Gasteiger partial charge < -0.3 is 19.5 Å². The Balaban J connectivity index is 1.55. The van der Waals surface area contributed by atoms with Crippen molar-refractivity contribution in [2.45, 2.75) is 18.4 Å². The Hall–Kier alpha value is -3.90. The van der Waals surface area contributed by atoms with Gasteiger partial charge in [0.15, 0.2) is 16.6 Å². The number of rotatable bonds is 9. The first-order valence-electron chi connectivity index (χ1n) is 10.4. The summed E-state index contributed by atoms with van der Waals surface area (Å²) < 4.78 is 31.5. The predicted molar refractivity (Wildman–Crippen MR) is 136 cm³/mol. The van der Waals surface area contributed by atoms with Gasteiger partial charge in [-0.05, 0) is 36.6 Å². The van der Waals surface area contributed by atoms with Gasteiger partial charge in [0.2, 0.25) is 0 Å². The van der Waals surface area contributed by atoms with E-state index in [4.69, 9.17) is 14.2 Å². The van der Waals surface area contributed by atoms with Crippen LogP contribution >= 0.6 is 11.3 Å². The van der Waals surface area contributed by atoms with Crippen LogP contribution in [0.1, 0.15) is 12.5 Å². The average Bonchev–Trinajstić information content (AvgIpc) is 3.35. The average molecular weight is 514 g/mol. The summed E-state index contributed by atoms with van der Waals surface area (Å²) in [6.07, 6.45) is 2.37. The second-order valence-corrected chi connectivity index (χ2v) is 10.1. The Morgan fingerprint density at radius 2 is 2.03 bits per heavy atom. The van der Waals surface area contributed by atoms with E-state index in [-0.39, 0.29) is 13.2 Å². The van der Waals surface area contributed by atoms with Gasteiger partial charge in [-0.15, -0.1) is 11.3 Å². The lowest BCUT2D eigenvalue weighted by Gasteiger charge is -2.15. The van der Waals surface area contributed by atoms with Crippen LogP contribution in [0.15, 0.2) is 59.2 Å². The normalized spacial score (nSPS) is 12.5. The van der Waals surface area contributed by atoms with Gasteiger partial charge >= 0.3 is 6.09 Å². The molecule has 0 aliphatic heterocycles. The molecular weight excluding hydrogens is 490 g/mol. The van der Waals surface area contributed by atoms with Crippen LogP contribution in [0.4, 0.5) is 15.7 Å². The number of carbonyl (C=O) groups is 1. The van der Waals surface area contributed by atoms with E-state index in [9.17, 15) is 9.00 Å². The zero-order valence-corrected chi connectivity index (χ0v) is 20.6. The SMILES string of the molecule is C=S(=O)(NC(=O)OCC)c1cccc(COc2cc3ncnc(Nc4nccs4)c3cc2OC)c1. The first-order chi connectivity index (χ1) is 16.9. The minimum Gasteiger partial charge on any atom is -0.493 e. The third-order valence-electron chi connectivity index (χ3n) is 4.78. The highest BCUT2D eigenvalue weighted by atomic mass is 32.2. The molecule has 10 nitrogen and oxygen atoms in total. The molecule has 12 heteroatoms. The minimum atomic E-state index is -3.09. The van der Waals surface area contributed by atoms with E-state index in [0.717, 1.165) is 10.9 Å². The van der Waals surface area contributed by atoms with Crippen molar-refractivity contribution in [2.24, 2.45) is 0 Å². The van der Waals surface area contributed by atoms with Gasteiger partial charge in [0.25, 0.3) is 0 Å². The molecule has 2 aromatic heterocycles. The van der Waals surface area contributed by atoms with Crippen molar-refractivity contribution in [3.05, 3.63) is 59.9 Å². The summed E-state index contributed by atoms with van der Waals surface area (Å²) in [5.41, 5.74) is 1.38. The number of anilines is 2. The molecule has 0 bridgehead atoms. The van der Waals surface area contributed by atoms with Gasteiger partial charge in [-0.25, -0.2) is 28.7 Å². The molecule has 35 heavy (non-hydrogen) atoms. The van der Waals surface area contributed by atoms with E-state index in [0.29, 0.717) is 32.9 Å². The number of ether oxygens (including phenoxy) is 3. The van der Waals surface area contributed by atoms with Gasteiger partial charge in [0.05, 0.1) is 33.8 Å². The van der Waals surface area contributed by atoms with Crippen LogP contribution in [0, 0.1) is 0 Å². The first kappa shape index (κ1) is 24.2. The summed E-state index contributed by atoms with van der Waals surface area (Å²) in [4.78, 5) is 25.0. The number of carbonyl (C=O) groups excluding carboxylic acids is 1. The quantitative estimate of drug-likeness (QED) is 0.318. The van der Waals surface area contributed by atoms with Crippen molar-refractivity contribution in [3.8, 4) is 11.5 Å². The number of hydrogen-bond donors (Lipinski definition) is 2. The largest absolute Gasteiger partial charge is 0.493 e. The number of benzene rings is 2. The molecule has 0 saturated heterocycles. The molecule has 0 fully saturated rings. The summed E-state index contributed by atoms with van der Waals surface area (Å²) >= 11 is 1.46. The van der Waals surface area contributed by atoms with Crippen LogP contribution in [-0.2, 0) is 21.1 Å². The Kier molecular flexibility index (Phi) is 7.32. The van der Waals surface area contributed by atoms with E-state index in [2.05, 4.69) is 30.9 Å². The smallest absolute Gasteiger partial charge is 0.418 e. The summed E-state index contributed by atoms with van der Waals surface area (Å²) in [5, 5.41) is 6.51. The summed E-state index contributed by atoms with van der Waals surface area (Å²) in [6, 6.07) is 10.4. The fraction of sp³-hybridized carbons (Fsp3) is 0.174. The van der Waals surface area contributed by atoms with Gasteiger partial charge in [0.1, 0.15) is 18.8 Å². The summed E-state index contributed by atoms with van der Waals surface area (Å²) in [7, 11) is -1.54. The van der Waals surface area contributed by atoms with E-state index in [1.54, 1.807) is 50.6 Å². The Bertz CT molecular complexity index is 1440. The van der Waals surface area contributed by atoms with Crippen molar-refractivity contribution in [1.82, 2.24) is 19.7 Å². The number of methoxy groups -OCH3 is 1. The van der Waals surface area contributed by atoms with E-state index < -0.39 is 15.8 Å². The van der Waals surface area contributed by atoms with Crippen molar-refractivity contribution in [1.29, 1.82) is 0 Å². The molecule has 1 atom stereocenters. The van der Waals surface area contributed by atoms with Gasteiger partial charge in [-0.1, -0.05) is 12.1 Å². The van der Waals surface area contributed by atoms with Crippen LogP contribution in [0.2, 0.25) is 0 Å². The van der Waals surface area contributed by atoms with Crippen molar-refractivity contribution < 1.29 is 23.2 Å². The number of thiazole rings is 1. The Morgan fingerprint density at radius 3 is 2.77 bits per heavy atom. The second-order valence-electron chi connectivity index (χ2n) is 7.14. The van der Waals surface area contributed by atoms with Gasteiger partial charge in [-0.3, -0.25) is 0 Å². The zero-order chi connectivity index (χ0) is 24.8. The van der Waals surface area contributed by atoms with Crippen molar-refractivity contribution in [2.75, 3.05) is 19.0 Å². The maximum absolute atomic E-state index is 12.9. The topological polar surface area (TPSA) is 125 Å². The molecule has 0 aliphatic rings. The number of aromatic nitrogens is 3. The maximum atomic E-state index is 12.9. The van der Waals surface area contributed by atoms with Crippen LogP contribution in [0.25, 0.3) is 10.9 Å². The van der Waals surface area contributed by atoms with E-state index in [1.165, 1.54) is 17.7 Å². The van der Waals surface area contributed by atoms with Crippen LogP contribution in [0.3, 0.4) is 0 Å². The monoisotopic (exact) mass is 513 g/mol. The van der Waals surface area contributed by atoms with E-state index in [1.807, 2.05) is 11.4 Å². The molecule has 0 saturated carbocycles. The van der Waals surface area contributed by atoms with Gasteiger partial charge in [0, 0.05) is 23.0 Å². The number of nitrogens with one attached hydrogen (secondary N) is 2. The molecule has 2 aromatic carbocycles. The number of hydrogen-bond acceptors (Lipinski definition) is 10. The molecule has 4 rings (SSSR count). The molecule has 1 amide bonds. The molecule has 0 spiro atoms. The second kappa shape index (κ2) is 10.6. The maximum Gasteiger partial charge on any atom is 0.418 e. The predicted octanol–water partition coefficient (Wildman–Crippen LogP) is 4.15. The zero-order valence-electron chi connectivity index (χ0n) is 19.0. The van der Waals surface area contributed by atoms with Gasteiger partial charge in [-0.2, -0.15) is 0 Å². The lowest BCUT2D eigenvalue weighted by molar-refractivity contribution is 0.159. The third kappa shape index (κ3) is 5.78. The number of fused-ring (bicyclic) bond motifs is 1. The lowest BCUT2D eigenvalue weighted by Crippen LogP contribution is -2.31. The van der Waals surface area contributed by atoms with E-state index >= 15 is 0 Å². The molecule has 182 valence electrons. The standard InChI is InChI=1S/C23H23N5O5S2/c1-4-32-23(29)28-35(3,30)16-7-5-6-15(10-16)13-33-20-12-18-17(11-19(20)31-2)21(26-14-25-18)27-22-24-8-9-34-22/h5-12,14H,3-4,13H2,1-2H3,(H,28,29,30)(H,24,25,26,27). The number of nitrogens with zero attached hydrogens (tertiary/aromatic N) is 3. The van der Waals surface area contributed by atoms with Crippen molar-refractivity contribution >= 4 is 54.9 Å². The Morgan fingerprint density at radius 1 is 1.17 bits per heavy atom. The highest BCUT2D eigenvalue weighted by molar-refractivity contribution is 7.99. The minimum absolute atomic E-state index is 0.153. The van der Waals surface area contributed by atoms with Crippen LogP contribution in [0.5, 0.6) is 11.5 Å². The molecule has 0 radical (unpaired) electrons. The molecule has 2 N–H and O–H groups in total. The Labute approximate surface area is 206 Å². The third-order valence-corrected chi connectivity index (χ3v) is 6.98. The highest BCUT2D eigenvalue weighted by Gasteiger charge is 2.15. The lowest BCUT2D eigenvalue weighted by atomic mass is 10.2. The molecule has 0 aliphatic carbocycles. The first-order valence-corrected chi connectivity index (χ1v) is 13.0. The molecule has 1 unspecified atom stereocenters. The highest BCUT2D eigenvalue weighted by Crippen LogP contribution is 2.35. The van der Waals surface area contributed by atoms with Crippen molar-refractivity contribution in [3.63, 3.8) is 0 Å². The molecular formula is C23H23N5O5S2. The summed E-state index contributed by atoms with van der Waals surface area (Å²) in [5.74, 6) is 5.22. The summed E-state index contributed by atoms with van der Waals surface area (Å²) in [6.45, 7) is 1.98. The number of amides is 1.